The van der Waals surface area contributed by atoms with Gasteiger partial charge in [-0.25, -0.2) is 4.98 Å². The van der Waals surface area contributed by atoms with E-state index in [1.807, 2.05) is 31.1 Å². The first-order valence-electron chi connectivity index (χ1n) is 4.27. The predicted octanol–water partition coefficient (Wildman–Crippen LogP) is 1.37. The molecule has 72 valence electrons. The molecule has 0 saturated carbocycles. The van der Waals surface area contributed by atoms with E-state index in [9.17, 15) is 5.11 Å². The lowest BCUT2D eigenvalue weighted by atomic mass is 10.0. The van der Waals surface area contributed by atoms with Gasteiger partial charge >= 0.3 is 0 Å². The van der Waals surface area contributed by atoms with Crippen LogP contribution in [0.3, 0.4) is 0 Å². The lowest BCUT2D eigenvalue weighted by molar-refractivity contribution is 0.0782. The Balaban J connectivity index is 2.94. The average Bonchev–Trinajstić information content (AvgIpc) is 2.03. The zero-order chi connectivity index (χ0) is 10.1. The molecule has 0 bridgehead atoms. The summed E-state index contributed by atoms with van der Waals surface area (Å²) >= 11 is 0. The monoisotopic (exact) mass is 180 g/mol. The van der Waals surface area contributed by atoms with E-state index in [-0.39, 0.29) is 0 Å². The van der Waals surface area contributed by atoms with Gasteiger partial charge in [-0.2, -0.15) is 0 Å². The highest BCUT2D eigenvalue weighted by atomic mass is 16.3. The van der Waals surface area contributed by atoms with Crippen LogP contribution in [-0.4, -0.2) is 24.2 Å². The van der Waals surface area contributed by atoms with E-state index in [1.54, 1.807) is 20.0 Å². The van der Waals surface area contributed by atoms with Crippen LogP contribution in [0.25, 0.3) is 0 Å². The molecule has 0 saturated heterocycles. The molecular formula is C10H16N2O. The smallest absolute Gasteiger partial charge is 0.127 e. The Hall–Kier alpha value is -1.09. The van der Waals surface area contributed by atoms with Crippen molar-refractivity contribution in [3.8, 4) is 0 Å². The number of hydrogen-bond acceptors (Lipinski definition) is 3. The van der Waals surface area contributed by atoms with Crippen molar-refractivity contribution in [1.29, 1.82) is 0 Å². The quantitative estimate of drug-likeness (QED) is 0.747. The van der Waals surface area contributed by atoms with Gasteiger partial charge in [-0.15, -0.1) is 0 Å². The molecule has 0 fully saturated rings. The Kier molecular flexibility index (Phi) is 2.57. The SMILES string of the molecule is CN(C)c1ccc(C(C)(C)O)cn1. The Morgan fingerprint density at radius 3 is 2.23 bits per heavy atom. The number of rotatable bonds is 2. The molecule has 0 aliphatic carbocycles. The molecule has 0 radical (unpaired) electrons. The van der Waals surface area contributed by atoms with E-state index in [0.29, 0.717) is 0 Å². The van der Waals surface area contributed by atoms with Crippen LogP contribution in [0.1, 0.15) is 19.4 Å². The van der Waals surface area contributed by atoms with Crippen LogP contribution in [0.2, 0.25) is 0 Å². The van der Waals surface area contributed by atoms with Gasteiger partial charge in [0.1, 0.15) is 5.82 Å². The van der Waals surface area contributed by atoms with E-state index in [0.717, 1.165) is 11.4 Å². The van der Waals surface area contributed by atoms with Crippen LogP contribution in [0.4, 0.5) is 5.82 Å². The molecule has 0 aliphatic rings. The maximum absolute atomic E-state index is 9.66. The fraction of sp³-hybridized carbons (Fsp3) is 0.500. The Morgan fingerprint density at radius 2 is 1.92 bits per heavy atom. The van der Waals surface area contributed by atoms with Crippen molar-refractivity contribution < 1.29 is 5.11 Å². The summed E-state index contributed by atoms with van der Waals surface area (Å²) < 4.78 is 0. The Labute approximate surface area is 79.0 Å². The summed E-state index contributed by atoms with van der Waals surface area (Å²) in [6.45, 7) is 3.50. The summed E-state index contributed by atoms with van der Waals surface area (Å²) in [5, 5.41) is 9.66. The van der Waals surface area contributed by atoms with Gasteiger partial charge in [0.2, 0.25) is 0 Å². The van der Waals surface area contributed by atoms with Crippen molar-refractivity contribution in [1.82, 2.24) is 4.98 Å². The van der Waals surface area contributed by atoms with Crippen LogP contribution < -0.4 is 4.90 Å². The van der Waals surface area contributed by atoms with Gasteiger partial charge in [-0.3, -0.25) is 0 Å². The molecule has 0 aromatic carbocycles. The number of hydrogen-bond donors (Lipinski definition) is 1. The van der Waals surface area contributed by atoms with Crippen molar-refractivity contribution in [2.75, 3.05) is 19.0 Å². The summed E-state index contributed by atoms with van der Waals surface area (Å²) in [4.78, 5) is 6.14. The Morgan fingerprint density at radius 1 is 1.31 bits per heavy atom. The van der Waals surface area contributed by atoms with E-state index in [2.05, 4.69) is 4.98 Å². The second kappa shape index (κ2) is 3.34. The lowest BCUT2D eigenvalue weighted by Crippen LogP contribution is -2.17. The summed E-state index contributed by atoms with van der Waals surface area (Å²) in [7, 11) is 3.87. The van der Waals surface area contributed by atoms with Crippen LogP contribution in [0, 0.1) is 0 Å². The van der Waals surface area contributed by atoms with Gasteiger partial charge in [0, 0.05) is 25.9 Å². The number of pyridine rings is 1. The minimum Gasteiger partial charge on any atom is -0.386 e. The Bertz CT molecular complexity index is 272. The zero-order valence-corrected chi connectivity index (χ0v) is 8.57. The topological polar surface area (TPSA) is 36.4 Å². The molecule has 1 aromatic rings. The van der Waals surface area contributed by atoms with E-state index < -0.39 is 5.60 Å². The summed E-state index contributed by atoms with van der Waals surface area (Å²) in [5.74, 6) is 0.896. The molecule has 0 aliphatic heterocycles. The highest BCUT2D eigenvalue weighted by Gasteiger charge is 2.15. The standard InChI is InChI=1S/C10H16N2O/c1-10(2,13)8-5-6-9(11-7-8)12(3)4/h5-7,13H,1-4H3. The molecule has 1 N–H and O–H groups in total. The molecule has 13 heavy (non-hydrogen) atoms. The molecule has 0 spiro atoms. The highest BCUT2D eigenvalue weighted by molar-refractivity contribution is 5.38. The molecular weight excluding hydrogens is 164 g/mol. The number of nitrogens with zero attached hydrogens (tertiary/aromatic N) is 2. The van der Waals surface area contributed by atoms with Crippen molar-refractivity contribution >= 4 is 5.82 Å². The second-order valence-electron chi connectivity index (χ2n) is 3.86. The van der Waals surface area contributed by atoms with Gasteiger partial charge in [-0.1, -0.05) is 6.07 Å². The van der Waals surface area contributed by atoms with E-state index in [4.69, 9.17) is 0 Å². The lowest BCUT2D eigenvalue weighted by Gasteiger charge is -2.18. The fourth-order valence-electron chi connectivity index (χ4n) is 1.01. The highest BCUT2D eigenvalue weighted by Crippen LogP contribution is 2.19. The molecule has 3 heteroatoms. The maximum atomic E-state index is 9.66. The van der Waals surface area contributed by atoms with E-state index in [1.165, 1.54) is 0 Å². The number of aliphatic hydroxyl groups is 1. The zero-order valence-electron chi connectivity index (χ0n) is 8.57. The van der Waals surface area contributed by atoms with Crippen molar-refractivity contribution in [2.24, 2.45) is 0 Å². The van der Waals surface area contributed by atoms with Gasteiger partial charge in [0.15, 0.2) is 0 Å². The molecule has 0 atom stereocenters. The third kappa shape index (κ3) is 2.42. The largest absolute Gasteiger partial charge is 0.386 e. The minimum atomic E-state index is -0.808. The maximum Gasteiger partial charge on any atom is 0.127 e. The van der Waals surface area contributed by atoms with Crippen LogP contribution in [-0.2, 0) is 5.60 Å². The van der Waals surface area contributed by atoms with Crippen molar-refractivity contribution in [3.05, 3.63) is 23.9 Å². The van der Waals surface area contributed by atoms with Gasteiger partial charge < -0.3 is 10.0 Å². The number of aromatic nitrogens is 1. The van der Waals surface area contributed by atoms with Crippen molar-refractivity contribution in [2.45, 2.75) is 19.4 Å². The van der Waals surface area contributed by atoms with Gasteiger partial charge in [0.05, 0.1) is 5.60 Å². The van der Waals surface area contributed by atoms with E-state index >= 15 is 0 Å². The van der Waals surface area contributed by atoms with Gasteiger partial charge in [0.25, 0.3) is 0 Å². The first-order valence-corrected chi connectivity index (χ1v) is 4.27. The average molecular weight is 180 g/mol. The van der Waals surface area contributed by atoms with Crippen LogP contribution in [0.15, 0.2) is 18.3 Å². The van der Waals surface area contributed by atoms with Gasteiger partial charge in [-0.05, 0) is 19.9 Å². The molecule has 1 rings (SSSR count). The third-order valence-corrected chi connectivity index (χ3v) is 1.91. The molecule has 0 amide bonds. The van der Waals surface area contributed by atoms with Crippen molar-refractivity contribution in [3.63, 3.8) is 0 Å². The molecule has 1 aromatic heterocycles. The van der Waals surface area contributed by atoms with Crippen LogP contribution >= 0.6 is 0 Å². The van der Waals surface area contributed by atoms with Crippen LogP contribution in [0.5, 0.6) is 0 Å². The predicted molar refractivity (Wildman–Crippen MR) is 53.8 cm³/mol. The summed E-state index contributed by atoms with van der Waals surface area (Å²) in [6.07, 6.45) is 1.70. The third-order valence-electron chi connectivity index (χ3n) is 1.91. The summed E-state index contributed by atoms with van der Waals surface area (Å²) in [6, 6.07) is 3.79. The first-order chi connectivity index (χ1) is 5.91. The molecule has 0 unspecified atom stereocenters. The summed E-state index contributed by atoms with van der Waals surface area (Å²) in [5.41, 5.74) is 0.0239. The molecule has 3 nitrogen and oxygen atoms in total. The molecule has 1 heterocycles. The first kappa shape index (κ1) is 9.99. The minimum absolute atomic E-state index is 0.808. The fourth-order valence-corrected chi connectivity index (χ4v) is 1.01. The number of anilines is 1. The normalized spacial score (nSPS) is 11.5. The second-order valence-corrected chi connectivity index (χ2v) is 3.86.